The summed E-state index contributed by atoms with van der Waals surface area (Å²) in [6.07, 6.45) is 17.2. The van der Waals surface area contributed by atoms with Gasteiger partial charge in [0, 0.05) is 69.6 Å². The fourth-order valence-electron chi connectivity index (χ4n) is 12.3. The summed E-state index contributed by atoms with van der Waals surface area (Å²) in [5.41, 5.74) is 4.63. The van der Waals surface area contributed by atoms with Gasteiger partial charge in [-0.3, -0.25) is 19.7 Å². The maximum atomic E-state index is 13.2. The summed E-state index contributed by atoms with van der Waals surface area (Å²) in [6.45, 7) is 9.94. The highest BCUT2D eigenvalue weighted by Gasteiger charge is 2.42. The Morgan fingerprint density at radius 1 is 0.833 bits per heavy atom. The molecule has 8 aliphatic rings. The van der Waals surface area contributed by atoms with Crippen molar-refractivity contribution in [3.8, 4) is 0 Å². The van der Waals surface area contributed by atoms with Gasteiger partial charge < -0.3 is 39.5 Å². The highest BCUT2D eigenvalue weighted by atomic mass is 32.2. The first-order chi connectivity index (χ1) is 32.2. The third kappa shape index (κ3) is 8.78. The predicted octanol–water partition coefficient (Wildman–Crippen LogP) is 3.96. The molecule has 9 heterocycles. The van der Waals surface area contributed by atoms with Gasteiger partial charge in [-0.15, -0.1) is 0 Å². The SMILES string of the molecule is O=C1CCC(N2Cc3cc(C4CCN(CC5CCN(C6CCN(c7cnc(C8CCN(c9nc%10c(c(NC%11(CO)CCC%11)n9)[S@+]([O-])CC%10)CC8)nc7)CC6)CC5)CC4)ccc3C2=O)C(=O)N1. The molecule has 1 unspecified atom stereocenters. The lowest BCUT2D eigenvalue weighted by Crippen LogP contribution is -2.52. The first kappa shape index (κ1) is 44.1. The number of carbonyl (C=O) groups is 3. The number of aryl methyl sites for hydroxylation is 1. The van der Waals surface area contributed by atoms with Crippen molar-refractivity contribution < 1.29 is 24.0 Å². The van der Waals surface area contributed by atoms with Crippen LogP contribution in [-0.2, 0) is 33.7 Å². The molecule has 11 rings (SSSR count). The van der Waals surface area contributed by atoms with Crippen molar-refractivity contribution in [2.75, 3.05) is 86.4 Å². The van der Waals surface area contributed by atoms with Crippen LogP contribution in [0.3, 0.4) is 0 Å². The van der Waals surface area contributed by atoms with Gasteiger partial charge in [0.05, 0.1) is 30.2 Å². The number of aromatic nitrogens is 4. The van der Waals surface area contributed by atoms with Crippen molar-refractivity contribution in [2.45, 2.75) is 131 Å². The van der Waals surface area contributed by atoms with Gasteiger partial charge in [0.1, 0.15) is 23.3 Å². The fraction of sp³-hybridized carbons (Fsp3) is 0.653. The highest BCUT2D eigenvalue weighted by Crippen LogP contribution is 2.40. The van der Waals surface area contributed by atoms with Crippen molar-refractivity contribution >= 4 is 46.4 Å². The minimum Gasteiger partial charge on any atom is -0.611 e. The third-order valence-corrected chi connectivity index (χ3v) is 18.1. The van der Waals surface area contributed by atoms with E-state index in [1.54, 1.807) is 4.90 Å². The Morgan fingerprint density at radius 3 is 2.26 bits per heavy atom. The molecule has 2 aromatic heterocycles. The molecule has 0 bridgehead atoms. The van der Waals surface area contributed by atoms with E-state index in [9.17, 15) is 24.0 Å². The Kier molecular flexibility index (Phi) is 12.4. The number of benzene rings is 1. The Hall–Kier alpha value is -4.42. The number of likely N-dealkylation sites (tertiary alicyclic amines) is 2. The number of hydrogen-bond donors (Lipinski definition) is 3. The first-order valence-corrected chi connectivity index (χ1v) is 26.2. The van der Waals surface area contributed by atoms with Crippen LogP contribution in [0.4, 0.5) is 17.5 Å². The molecule has 3 aromatic rings. The number of piperidine rings is 5. The first-order valence-electron chi connectivity index (χ1n) is 24.9. The number of amides is 3. The van der Waals surface area contributed by atoms with Crippen LogP contribution in [0.2, 0.25) is 0 Å². The molecule has 17 heteroatoms. The average Bonchev–Trinajstić information content (AvgIpc) is 3.88. The number of imide groups is 1. The van der Waals surface area contributed by atoms with E-state index in [0.717, 1.165) is 118 Å². The molecule has 3 N–H and O–H groups in total. The van der Waals surface area contributed by atoms with Gasteiger partial charge in [-0.1, -0.05) is 12.1 Å². The van der Waals surface area contributed by atoms with Crippen LogP contribution >= 0.6 is 0 Å². The van der Waals surface area contributed by atoms with Gasteiger partial charge in [-0.2, -0.15) is 4.98 Å². The number of aliphatic hydroxyl groups is 1. The molecular formula is C49H65N11O5S. The second-order valence-corrected chi connectivity index (χ2v) is 22.0. The van der Waals surface area contributed by atoms with Crippen molar-refractivity contribution in [1.29, 1.82) is 0 Å². The summed E-state index contributed by atoms with van der Waals surface area (Å²) < 4.78 is 12.9. The molecule has 2 atom stereocenters. The lowest BCUT2D eigenvalue weighted by molar-refractivity contribution is -0.136. The fourth-order valence-corrected chi connectivity index (χ4v) is 13.6. The topological polar surface area (TPSA) is 186 Å². The molecule has 3 amide bonds. The second-order valence-electron chi connectivity index (χ2n) is 20.5. The maximum absolute atomic E-state index is 13.2. The van der Waals surface area contributed by atoms with Gasteiger partial charge >= 0.3 is 0 Å². The summed E-state index contributed by atoms with van der Waals surface area (Å²) in [5, 5.41) is 16.0. The number of hydrogen-bond acceptors (Lipinski definition) is 14. The van der Waals surface area contributed by atoms with E-state index in [-0.39, 0.29) is 42.2 Å². The minimum atomic E-state index is -1.11. The lowest BCUT2D eigenvalue weighted by Gasteiger charge is -2.43. The maximum Gasteiger partial charge on any atom is 0.255 e. The van der Waals surface area contributed by atoms with Crippen molar-refractivity contribution in [1.82, 2.24) is 40.0 Å². The van der Waals surface area contributed by atoms with E-state index < -0.39 is 17.2 Å². The molecule has 7 aliphatic heterocycles. The van der Waals surface area contributed by atoms with Gasteiger partial charge in [-0.05, 0) is 143 Å². The largest absolute Gasteiger partial charge is 0.611 e. The molecule has 352 valence electrons. The molecule has 6 fully saturated rings. The van der Waals surface area contributed by atoms with Crippen LogP contribution in [0.15, 0.2) is 35.5 Å². The number of rotatable bonds is 11. The molecule has 1 aromatic carbocycles. The summed E-state index contributed by atoms with van der Waals surface area (Å²) in [7, 11) is 0. The number of fused-ring (bicyclic) bond motifs is 2. The van der Waals surface area contributed by atoms with E-state index in [0.29, 0.717) is 54.4 Å². The Bertz CT molecular complexity index is 2280. The monoisotopic (exact) mass is 919 g/mol. The standard InChI is InChI=1S/C49H65N11O5S/c61-31-49(15-1-16-49)55-45-43-40(14-25-66(43)65)52-48(54-45)59-21-10-34(11-22-59)44-50-27-38(28-51-44)58-23-12-37(13-24-58)57-19-6-32(7-20-57)29-56-17-8-33(9-18-56)35-2-3-39-36(26-35)30-60(47(39)64)41-4-5-42(62)53-46(41)63/h2-3,26-28,32-34,37,41,61H,1,4-25,29-31H2,(H,52,54,55)(H,53,62,63)/t41?,66-/m1/s1. The third-order valence-electron chi connectivity index (χ3n) is 16.6. The second kappa shape index (κ2) is 18.6. The lowest BCUT2D eigenvalue weighted by atomic mass is 9.77. The Morgan fingerprint density at radius 2 is 1.56 bits per heavy atom. The van der Waals surface area contributed by atoms with Crippen LogP contribution < -0.4 is 20.4 Å². The van der Waals surface area contributed by atoms with E-state index in [1.165, 1.54) is 50.9 Å². The molecule has 16 nitrogen and oxygen atoms in total. The molecular weight excluding hydrogens is 855 g/mol. The predicted molar refractivity (Wildman–Crippen MR) is 251 cm³/mol. The van der Waals surface area contributed by atoms with Gasteiger partial charge in [0.2, 0.25) is 22.7 Å². The quantitative estimate of drug-likeness (QED) is 0.185. The van der Waals surface area contributed by atoms with Crippen LogP contribution in [0, 0.1) is 5.92 Å². The van der Waals surface area contributed by atoms with Crippen LogP contribution in [-0.4, -0.2) is 151 Å². The average molecular weight is 920 g/mol. The van der Waals surface area contributed by atoms with Crippen LogP contribution in [0.25, 0.3) is 0 Å². The summed E-state index contributed by atoms with van der Waals surface area (Å²) >= 11 is -1.11. The molecule has 66 heavy (non-hydrogen) atoms. The number of nitrogens with one attached hydrogen (secondary N) is 2. The Balaban J connectivity index is 0.602. The Labute approximate surface area is 390 Å². The van der Waals surface area contributed by atoms with E-state index in [2.05, 4.69) is 42.4 Å². The molecule has 1 saturated carbocycles. The normalized spacial score (nSPS) is 26.1. The van der Waals surface area contributed by atoms with Gasteiger partial charge in [-0.25, -0.2) is 15.0 Å². The molecule has 5 saturated heterocycles. The number of aliphatic hydroxyl groups excluding tert-OH is 1. The van der Waals surface area contributed by atoms with Crippen LogP contribution in [0.1, 0.15) is 128 Å². The number of anilines is 3. The molecule has 0 radical (unpaired) electrons. The van der Waals surface area contributed by atoms with Gasteiger partial charge in [0.25, 0.3) is 5.91 Å². The molecule has 1 aliphatic carbocycles. The number of nitrogens with zero attached hydrogens (tertiary/aromatic N) is 9. The van der Waals surface area contributed by atoms with E-state index >= 15 is 0 Å². The zero-order chi connectivity index (χ0) is 44.9. The van der Waals surface area contributed by atoms with E-state index in [4.69, 9.17) is 19.9 Å². The van der Waals surface area contributed by atoms with Crippen molar-refractivity contribution in [3.63, 3.8) is 0 Å². The molecule has 0 spiro atoms. The summed E-state index contributed by atoms with van der Waals surface area (Å²) in [4.78, 5) is 69.5. The zero-order valence-corrected chi connectivity index (χ0v) is 39.0. The zero-order valence-electron chi connectivity index (χ0n) is 38.2. The summed E-state index contributed by atoms with van der Waals surface area (Å²) in [5.74, 6) is 3.63. The highest BCUT2D eigenvalue weighted by molar-refractivity contribution is 7.91. The van der Waals surface area contributed by atoms with E-state index in [1.807, 2.05) is 18.5 Å². The smallest absolute Gasteiger partial charge is 0.255 e. The number of carbonyl (C=O) groups excluding carboxylic acids is 3. The van der Waals surface area contributed by atoms with Gasteiger partial charge in [0.15, 0.2) is 5.82 Å². The minimum absolute atomic E-state index is 0.0465. The van der Waals surface area contributed by atoms with Crippen LogP contribution in [0.5, 0.6) is 0 Å². The van der Waals surface area contributed by atoms with Crippen molar-refractivity contribution in [3.05, 3.63) is 58.8 Å². The van der Waals surface area contributed by atoms with Crippen molar-refractivity contribution in [2.24, 2.45) is 5.92 Å². The summed E-state index contributed by atoms with van der Waals surface area (Å²) in [6, 6.07) is 6.35.